The van der Waals surface area contributed by atoms with E-state index in [9.17, 15) is 14.4 Å². The van der Waals surface area contributed by atoms with Crippen molar-refractivity contribution in [3.8, 4) is 5.75 Å². The Kier molecular flexibility index (Phi) is 5.92. The Morgan fingerprint density at radius 1 is 1.10 bits per heavy atom. The summed E-state index contributed by atoms with van der Waals surface area (Å²) in [6.45, 7) is 6.83. The Hall–Kier alpha value is -3.55. The maximum absolute atomic E-state index is 13.0. The van der Waals surface area contributed by atoms with Gasteiger partial charge in [0.15, 0.2) is 5.60 Å². The van der Waals surface area contributed by atoms with Gasteiger partial charge in [0.05, 0.1) is 18.4 Å². The van der Waals surface area contributed by atoms with Crippen LogP contribution >= 0.6 is 0 Å². The van der Waals surface area contributed by atoms with Gasteiger partial charge in [-0.1, -0.05) is 18.2 Å². The van der Waals surface area contributed by atoms with Crippen LogP contribution in [0, 0.1) is 0 Å². The number of hydrogen-bond acceptors (Lipinski definition) is 6. The normalized spacial score (nSPS) is 17.8. The number of ether oxygens (including phenoxy) is 3. The zero-order chi connectivity index (χ0) is 22.8. The van der Waals surface area contributed by atoms with Gasteiger partial charge in [0.1, 0.15) is 11.4 Å². The van der Waals surface area contributed by atoms with E-state index in [1.165, 1.54) is 7.11 Å². The van der Waals surface area contributed by atoms with Crippen LogP contribution in [0.2, 0.25) is 0 Å². The van der Waals surface area contributed by atoms with Gasteiger partial charge in [-0.15, -0.1) is 0 Å². The van der Waals surface area contributed by atoms with Crippen molar-refractivity contribution in [3.05, 3.63) is 53.6 Å². The molecule has 0 radical (unpaired) electrons. The molecule has 1 atom stereocenters. The topological polar surface area (TPSA) is 103 Å². The number of carbonyl (C=O) groups excluding carboxylic acids is 3. The summed E-state index contributed by atoms with van der Waals surface area (Å²) >= 11 is 0. The van der Waals surface area contributed by atoms with E-state index in [1.807, 2.05) is 6.07 Å². The average molecular weight is 426 g/mol. The Bertz CT molecular complexity index is 1030. The fourth-order valence-electron chi connectivity index (χ4n) is 3.22. The highest BCUT2D eigenvalue weighted by Crippen LogP contribution is 2.32. The predicted molar refractivity (Wildman–Crippen MR) is 115 cm³/mol. The Morgan fingerprint density at radius 3 is 2.48 bits per heavy atom. The first-order valence-corrected chi connectivity index (χ1v) is 9.81. The van der Waals surface area contributed by atoms with E-state index in [1.54, 1.807) is 64.1 Å². The van der Waals surface area contributed by atoms with E-state index < -0.39 is 29.2 Å². The van der Waals surface area contributed by atoms with E-state index in [-0.39, 0.29) is 6.42 Å². The zero-order valence-electron chi connectivity index (χ0n) is 18.2. The second-order valence-electron chi connectivity index (χ2n) is 8.45. The molecule has 0 bridgehead atoms. The summed E-state index contributed by atoms with van der Waals surface area (Å²) < 4.78 is 16.0. The Labute approximate surface area is 180 Å². The van der Waals surface area contributed by atoms with E-state index in [0.29, 0.717) is 22.7 Å². The molecule has 8 heteroatoms. The van der Waals surface area contributed by atoms with Crippen molar-refractivity contribution in [3.63, 3.8) is 0 Å². The van der Waals surface area contributed by atoms with Gasteiger partial charge in [-0.25, -0.2) is 9.59 Å². The van der Waals surface area contributed by atoms with Gasteiger partial charge in [0.25, 0.3) is 5.91 Å². The van der Waals surface area contributed by atoms with Crippen LogP contribution in [0.4, 0.5) is 16.2 Å². The molecule has 2 aromatic rings. The predicted octanol–water partition coefficient (Wildman–Crippen LogP) is 4.15. The van der Waals surface area contributed by atoms with Crippen LogP contribution in [0.5, 0.6) is 5.75 Å². The summed E-state index contributed by atoms with van der Waals surface area (Å²) in [5.74, 6) is -0.627. The molecular formula is C23H26N2O6. The second-order valence-corrected chi connectivity index (χ2v) is 8.45. The highest BCUT2D eigenvalue weighted by atomic mass is 16.6. The largest absolute Gasteiger partial charge is 0.495 e. The first-order valence-electron chi connectivity index (χ1n) is 9.81. The summed E-state index contributed by atoms with van der Waals surface area (Å²) in [6, 6.07) is 11.8. The minimum atomic E-state index is -1.37. The molecular weight excluding hydrogens is 400 g/mol. The molecule has 2 N–H and O–H groups in total. The molecule has 31 heavy (non-hydrogen) atoms. The smallest absolute Gasteiger partial charge is 0.412 e. The lowest BCUT2D eigenvalue weighted by atomic mass is 9.89. The van der Waals surface area contributed by atoms with Crippen LogP contribution in [0.1, 0.15) is 43.6 Å². The van der Waals surface area contributed by atoms with Gasteiger partial charge in [0, 0.05) is 12.1 Å². The number of cyclic esters (lactones) is 1. The third-order valence-corrected chi connectivity index (χ3v) is 4.66. The number of amides is 2. The lowest BCUT2D eigenvalue weighted by Gasteiger charge is -2.33. The molecule has 0 saturated carbocycles. The number of fused-ring (bicyclic) bond motifs is 1. The molecule has 1 aliphatic rings. The van der Waals surface area contributed by atoms with Gasteiger partial charge < -0.3 is 19.5 Å². The highest BCUT2D eigenvalue weighted by molar-refractivity contribution is 6.03. The van der Waals surface area contributed by atoms with Crippen LogP contribution < -0.4 is 15.4 Å². The summed E-state index contributed by atoms with van der Waals surface area (Å²) in [4.78, 5) is 37.5. The van der Waals surface area contributed by atoms with Crippen molar-refractivity contribution in [2.75, 3.05) is 17.7 Å². The van der Waals surface area contributed by atoms with Crippen molar-refractivity contribution in [1.82, 2.24) is 0 Å². The third kappa shape index (κ3) is 5.14. The van der Waals surface area contributed by atoms with Crippen LogP contribution in [-0.2, 0) is 20.7 Å². The van der Waals surface area contributed by atoms with Crippen LogP contribution in [0.15, 0.2) is 42.5 Å². The van der Waals surface area contributed by atoms with E-state index >= 15 is 0 Å². The molecule has 0 aliphatic carbocycles. The quantitative estimate of drug-likeness (QED) is 0.712. The summed E-state index contributed by atoms with van der Waals surface area (Å²) in [5.41, 5.74) is -0.110. The van der Waals surface area contributed by atoms with Crippen LogP contribution in [0.25, 0.3) is 0 Å². The van der Waals surface area contributed by atoms with Crippen molar-refractivity contribution < 1.29 is 28.6 Å². The fourth-order valence-corrected chi connectivity index (χ4v) is 3.22. The number of nitrogens with one attached hydrogen (secondary N) is 2. The lowest BCUT2D eigenvalue weighted by molar-refractivity contribution is -0.134. The molecule has 1 aliphatic heterocycles. The molecule has 8 nitrogen and oxygen atoms in total. The van der Waals surface area contributed by atoms with Crippen LogP contribution in [0.3, 0.4) is 0 Å². The summed E-state index contributed by atoms with van der Waals surface area (Å²) in [7, 11) is 1.47. The first kappa shape index (κ1) is 22.1. The fraction of sp³-hybridized carbons (Fsp3) is 0.348. The molecule has 2 amide bonds. The standard InChI is InChI=1S/C23H26N2O6/c1-22(2,3)31-21(28)25-17-12-15(10-11-18(17)29-5)24-20(27)23(4)13-14-8-6-7-9-16(14)19(26)30-23/h6-12H,13H2,1-5H3,(H,24,27)(H,25,28). The number of rotatable bonds is 4. The lowest BCUT2D eigenvalue weighted by Crippen LogP contribution is -2.48. The minimum Gasteiger partial charge on any atom is -0.495 e. The van der Waals surface area contributed by atoms with Gasteiger partial charge in [0.2, 0.25) is 0 Å². The number of methoxy groups -OCH3 is 1. The number of anilines is 2. The third-order valence-electron chi connectivity index (χ3n) is 4.66. The van der Waals surface area contributed by atoms with Crippen molar-refractivity contribution >= 4 is 29.3 Å². The Morgan fingerprint density at radius 2 is 1.81 bits per heavy atom. The highest BCUT2D eigenvalue weighted by Gasteiger charge is 2.42. The molecule has 2 aromatic carbocycles. The second kappa shape index (κ2) is 8.29. The van der Waals surface area contributed by atoms with E-state index in [0.717, 1.165) is 5.56 Å². The van der Waals surface area contributed by atoms with E-state index in [2.05, 4.69) is 10.6 Å². The minimum absolute atomic E-state index is 0.250. The molecule has 1 heterocycles. The van der Waals surface area contributed by atoms with Crippen molar-refractivity contribution in [2.45, 2.75) is 45.3 Å². The SMILES string of the molecule is COc1ccc(NC(=O)C2(C)Cc3ccccc3C(=O)O2)cc1NC(=O)OC(C)(C)C. The summed E-state index contributed by atoms with van der Waals surface area (Å²) in [6.07, 6.45) is -0.404. The molecule has 0 fully saturated rings. The number of hydrogen-bond donors (Lipinski definition) is 2. The number of carbonyl (C=O) groups is 3. The molecule has 0 aromatic heterocycles. The van der Waals surface area contributed by atoms with Gasteiger partial charge in [-0.2, -0.15) is 0 Å². The molecule has 0 spiro atoms. The summed E-state index contributed by atoms with van der Waals surface area (Å²) in [5, 5.41) is 5.37. The average Bonchev–Trinajstić information content (AvgIpc) is 2.66. The molecule has 3 rings (SSSR count). The molecule has 164 valence electrons. The van der Waals surface area contributed by atoms with Crippen LogP contribution in [-0.4, -0.2) is 36.3 Å². The maximum Gasteiger partial charge on any atom is 0.412 e. The van der Waals surface area contributed by atoms with Crippen molar-refractivity contribution in [2.24, 2.45) is 0 Å². The number of esters is 1. The monoisotopic (exact) mass is 426 g/mol. The van der Waals surface area contributed by atoms with Gasteiger partial charge in [-0.05, 0) is 57.5 Å². The Balaban J connectivity index is 1.79. The first-order chi connectivity index (χ1) is 14.5. The van der Waals surface area contributed by atoms with Gasteiger partial charge >= 0.3 is 12.1 Å². The van der Waals surface area contributed by atoms with Gasteiger partial charge in [-0.3, -0.25) is 10.1 Å². The maximum atomic E-state index is 13.0. The van der Waals surface area contributed by atoms with E-state index in [4.69, 9.17) is 14.2 Å². The molecule has 1 unspecified atom stereocenters. The number of benzene rings is 2. The molecule has 0 saturated heterocycles. The van der Waals surface area contributed by atoms with Crippen molar-refractivity contribution in [1.29, 1.82) is 0 Å². The zero-order valence-corrected chi connectivity index (χ0v) is 18.2.